The number of rotatable bonds is 7. The van der Waals surface area contributed by atoms with Crippen molar-refractivity contribution in [2.45, 2.75) is 25.3 Å². The second kappa shape index (κ2) is 8.28. The van der Waals surface area contributed by atoms with Gasteiger partial charge in [0.1, 0.15) is 0 Å². The molecule has 1 aliphatic carbocycles. The number of benzene rings is 2. The summed E-state index contributed by atoms with van der Waals surface area (Å²) in [6.07, 6.45) is 4.37. The lowest BCUT2D eigenvalue weighted by molar-refractivity contribution is -0.123. The fourth-order valence-corrected chi connectivity index (χ4v) is 3.43. The van der Waals surface area contributed by atoms with Gasteiger partial charge < -0.3 is 14.8 Å². The topological polar surface area (TPSA) is 47.6 Å². The third-order valence-electron chi connectivity index (χ3n) is 4.48. The molecule has 0 radical (unpaired) electrons. The van der Waals surface area contributed by atoms with Crippen LogP contribution in [0.2, 0.25) is 5.02 Å². The number of allylic oxidation sites excluding steroid dienone is 1. The van der Waals surface area contributed by atoms with Gasteiger partial charge in [0.25, 0.3) is 5.91 Å². The molecule has 2 aromatic rings. The molecule has 0 saturated carbocycles. The highest BCUT2D eigenvalue weighted by atomic mass is 35.5. The normalized spacial score (nSPS) is 15.2. The molecule has 26 heavy (non-hydrogen) atoms. The van der Waals surface area contributed by atoms with E-state index in [1.54, 1.807) is 7.11 Å². The van der Waals surface area contributed by atoms with Crippen LogP contribution >= 0.6 is 11.6 Å². The van der Waals surface area contributed by atoms with Gasteiger partial charge in [-0.15, -0.1) is 6.58 Å². The summed E-state index contributed by atoms with van der Waals surface area (Å²) in [6, 6.07) is 11.5. The fraction of sp³-hybridized carbons (Fsp3) is 0.286. The zero-order valence-electron chi connectivity index (χ0n) is 14.8. The van der Waals surface area contributed by atoms with Gasteiger partial charge in [0.2, 0.25) is 0 Å². The molecule has 0 spiro atoms. The number of fused-ring (bicyclic) bond motifs is 1. The molecule has 0 aliphatic heterocycles. The number of halogens is 1. The number of aryl methyl sites for hydroxylation is 1. The largest absolute Gasteiger partial charge is 0.493 e. The number of methoxy groups -OCH3 is 1. The Morgan fingerprint density at radius 1 is 1.31 bits per heavy atom. The number of carbonyl (C=O) groups excluding carboxylic acids is 1. The monoisotopic (exact) mass is 371 g/mol. The molecule has 1 N–H and O–H groups in total. The first kappa shape index (κ1) is 18.3. The van der Waals surface area contributed by atoms with Gasteiger partial charge in [-0.05, 0) is 60.2 Å². The SMILES string of the molecule is C=CCc1ccc(OCC(=O)NC2CCc3cc(Cl)ccc32)c(OC)c1. The zero-order chi connectivity index (χ0) is 18.5. The Labute approximate surface area is 158 Å². The van der Waals surface area contributed by atoms with Gasteiger partial charge >= 0.3 is 0 Å². The molecule has 136 valence electrons. The Balaban J connectivity index is 1.59. The molecule has 4 nitrogen and oxygen atoms in total. The summed E-state index contributed by atoms with van der Waals surface area (Å²) in [5.74, 6) is 1.00. The van der Waals surface area contributed by atoms with E-state index in [1.165, 1.54) is 5.56 Å². The molecule has 0 saturated heterocycles. The van der Waals surface area contributed by atoms with Gasteiger partial charge in [0.05, 0.1) is 13.2 Å². The summed E-state index contributed by atoms with van der Waals surface area (Å²) in [4.78, 5) is 12.3. The summed E-state index contributed by atoms with van der Waals surface area (Å²) >= 11 is 6.03. The van der Waals surface area contributed by atoms with Crippen molar-refractivity contribution in [2.24, 2.45) is 0 Å². The molecule has 1 atom stereocenters. The Hall–Kier alpha value is -2.46. The molecule has 0 fully saturated rings. The number of carbonyl (C=O) groups is 1. The second-order valence-corrected chi connectivity index (χ2v) is 6.71. The van der Waals surface area contributed by atoms with Gasteiger partial charge in [-0.3, -0.25) is 4.79 Å². The summed E-state index contributed by atoms with van der Waals surface area (Å²) in [6.45, 7) is 3.67. The van der Waals surface area contributed by atoms with Crippen molar-refractivity contribution in [1.82, 2.24) is 5.32 Å². The zero-order valence-corrected chi connectivity index (χ0v) is 15.5. The van der Waals surface area contributed by atoms with Crippen molar-refractivity contribution >= 4 is 17.5 Å². The molecule has 3 rings (SSSR count). The number of amides is 1. The van der Waals surface area contributed by atoms with Gasteiger partial charge in [-0.2, -0.15) is 0 Å². The van der Waals surface area contributed by atoms with Crippen LogP contribution in [0.1, 0.15) is 29.2 Å². The van der Waals surface area contributed by atoms with E-state index < -0.39 is 0 Å². The number of ether oxygens (including phenoxy) is 2. The van der Waals surface area contributed by atoms with Crippen LogP contribution in [0.15, 0.2) is 49.1 Å². The first-order valence-electron chi connectivity index (χ1n) is 8.59. The van der Waals surface area contributed by atoms with Crippen LogP contribution in [-0.4, -0.2) is 19.6 Å². The van der Waals surface area contributed by atoms with Crippen molar-refractivity contribution in [3.8, 4) is 11.5 Å². The minimum atomic E-state index is -0.157. The van der Waals surface area contributed by atoms with Crippen molar-refractivity contribution in [2.75, 3.05) is 13.7 Å². The smallest absolute Gasteiger partial charge is 0.258 e. The highest BCUT2D eigenvalue weighted by Gasteiger charge is 2.24. The van der Waals surface area contributed by atoms with Crippen LogP contribution in [0.5, 0.6) is 11.5 Å². The maximum Gasteiger partial charge on any atom is 0.258 e. The summed E-state index contributed by atoms with van der Waals surface area (Å²) in [5.41, 5.74) is 3.41. The standard InChI is InChI=1S/C21H22ClNO3/c1-3-4-14-5-10-19(20(11-14)25-2)26-13-21(24)23-18-9-6-15-12-16(22)7-8-17(15)18/h3,5,7-8,10-12,18H,1,4,6,9,13H2,2H3,(H,23,24). The third-order valence-corrected chi connectivity index (χ3v) is 4.72. The van der Waals surface area contributed by atoms with Crippen molar-refractivity contribution in [3.05, 3.63) is 70.8 Å². The van der Waals surface area contributed by atoms with Crippen LogP contribution in [-0.2, 0) is 17.6 Å². The molecule has 0 bridgehead atoms. The molecule has 0 heterocycles. The van der Waals surface area contributed by atoms with Crippen molar-refractivity contribution in [1.29, 1.82) is 0 Å². The predicted molar refractivity (Wildman–Crippen MR) is 103 cm³/mol. The summed E-state index contributed by atoms with van der Waals surface area (Å²) in [5, 5.41) is 3.76. The molecule has 0 aromatic heterocycles. The first-order chi connectivity index (χ1) is 12.6. The number of nitrogens with one attached hydrogen (secondary N) is 1. The van der Waals surface area contributed by atoms with E-state index in [1.807, 2.05) is 42.5 Å². The van der Waals surface area contributed by atoms with Crippen molar-refractivity contribution < 1.29 is 14.3 Å². The van der Waals surface area contributed by atoms with Crippen LogP contribution < -0.4 is 14.8 Å². The van der Waals surface area contributed by atoms with Gasteiger partial charge in [-0.1, -0.05) is 29.8 Å². The van der Waals surface area contributed by atoms with Crippen molar-refractivity contribution in [3.63, 3.8) is 0 Å². The fourth-order valence-electron chi connectivity index (χ4n) is 3.24. The Kier molecular flexibility index (Phi) is 5.84. The molecular formula is C21H22ClNO3. The Bertz CT molecular complexity index is 819. The summed E-state index contributed by atoms with van der Waals surface area (Å²) in [7, 11) is 1.58. The number of hydrogen-bond donors (Lipinski definition) is 1. The molecule has 1 amide bonds. The van der Waals surface area contributed by atoms with Crippen LogP contribution in [0.3, 0.4) is 0 Å². The summed E-state index contributed by atoms with van der Waals surface area (Å²) < 4.78 is 11.0. The van der Waals surface area contributed by atoms with E-state index in [0.29, 0.717) is 11.5 Å². The third kappa shape index (κ3) is 4.20. The minimum Gasteiger partial charge on any atom is -0.493 e. The van der Waals surface area contributed by atoms with Gasteiger partial charge in [-0.25, -0.2) is 0 Å². The quantitative estimate of drug-likeness (QED) is 0.740. The second-order valence-electron chi connectivity index (χ2n) is 6.27. The molecule has 5 heteroatoms. The van der Waals surface area contributed by atoms with Crippen LogP contribution in [0.25, 0.3) is 0 Å². The first-order valence-corrected chi connectivity index (χ1v) is 8.97. The van der Waals surface area contributed by atoms with Gasteiger partial charge in [0.15, 0.2) is 18.1 Å². The lowest BCUT2D eigenvalue weighted by Crippen LogP contribution is -2.31. The Morgan fingerprint density at radius 2 is 2.15 bits per heavy atom. The maximum absolute atomic E-state index is 12.3. The van der Waals surface area contributed by atoms with Gasteiger partial charge in [0, 0.05) is 5.02 Å². The number of hydrogen-bond acceptors (Lipinski definition) is 3. The highest BCUT2D eigenvalue weighted by Crippen LogP contribution is 2.33. The van der Waals surface area contributed by atoms with E-state index in [9.17, 15) is 4.79 Å². The predicted octanol–water partition coefficient (Wildman–Crippen LogP) is 4.26. The maximum atomic E-state index is 12.3. The van der Waals surface area contributed by atoms with E-state index >= 15 is 0 Å². The van der Waals surface area contributed by atoms with E-state index in [-0.39, 0.29) is 18.6 Å². The average molecular weight is 372 g/mol. The molecular weight excluding hydrogens is 350 g/mol. The van der Waals surface area contributed by atoms with E-state index in [0.717, 1.165) is 35.4 Å². The van der Waals surface area contributed by atoms with E-state index in [4.69, 9.17) is 21.1 Å². The molecule has 1 aliphatic rings. The highest BCUT2D eigenvalue weighted by molar-refractivity contribution is 6.30. The van der Waals surface area contributed by atoms with E-state index in [2.05, 4.69) is 11.9 Å². The lowest BCUT2D eigenvalue weighted by Gasteiger charge is -2.16. The minimum absolute atomic E-state index is 0.00947. The average Bonchev–Trinajstić information content (AvgIpc) is 3.02. The lowest BCUT2D eigenvalue weighted by atomic mass is 10.1. The molecule has 2 aromatic carbocycles. The molecule has 1 unspecified atom stereocenters. The van der Waals surface area contributed by atoms with Crippen LogP contribution in [0.4, 0.5) is 0 Å². The Morgan fingerprint density at radius 3 is 2.92 bits per heavy atom. The van der Waals surface area contributed by atoms with Crippen LogP contribution in [0, 0.1) is 0 Å².